The van der Waals surface area contributed by atoms with E-state index in [0.29, 0.717) is 111 Å². The molecule has 13 heterocycles. The highest BCUT2D eigenvalue weighted by Gasteiger charge is 2.23. The number of rotatable bonds is 20. The van der Waals surface area contributed by atoms with E-state index in [1.54, 1.807) is 79.4 Å². The molecule has 0 unspecified atom stereocenters. The third-order valence-electron chi connectivity index (χ3n) is 17.4. The SMILES string of the molecule is OCc1ccn2c(-c3ccnc(NCc4c[n+]5cccnc5[nH]4)n3)c(-c3ccc(F)cc3)nc2c1.OCc1ccn2c(-c3ccnc(NCc4cc(-c5ccccc5)on4)n3)c(-c3ccc(F)cc3)nc2c1.OCc1ccn2c(-c3ccnc(NCc4nnc(-c5ccccc5)o4)n3)c(-c3ccc(F)cc3)nc2c1. The molecule has 0 aliphatic rings. The Morgan fingerprint density at radius 3 is 1.31 bits per heavy atom. The molecule has 0 bridgehead atoms. The van der Waals surface area contributed by atoms with Gasteiger partial charge >= 0.3 is 5.78 Å². The Morgan fingerprint density at radius 2 is 0.862 bits per heavy atom. The average molecular weight is 1450 g/mol. The number of aromatic nitrogens is 18. The van der Waals surface area contributed by atoms with Crippen molar-refractivity contribution >= 4 is 40.6 Å². The molecular weight excluding hydrogens is 1390 g/mol. The van der Waals surface area contributed by atoms with E-state index in [0.717, 1.165) is 67.4 Å². The first kappa shape index (κ1) is 68.9. The van der Waals surface area contributed by atoms with Crippen LogP contribution in [-0.4, -0.2) is 98.7 Å². The van der Waals surface area contributed by atoms with Crippen molar-refractivity contribution < 1.29 is 41.8 Å². The summed E-state index contributed by atoms with van der Waals surface area (Å²) in [5.41, 5.74) is 15.8. The number of aliphatic hydroxyl groups is 3. The summed E-state index contributed by atoms with van der Waals surface area (Å²) in [5, 5.41) is 50.6. The van der Waals surface area contributed by atoms with Crippen LogP contribution in [0.15, 0.2) is 265 Å². The minimum Gasteiger partial charge on any atom is -0.419 e. The maximum Gasteiger partial charge on any atom is 0.400 e. The summed E-state index contributed by atoms with van der Waals surface area (Å²) < 4.78 is 59.6. The minimum absolute atomic E-state index is 0.0896. The van der Waals surface area contributed by atoms with Gasteiger partial charge in [0.1, 0.15) is 58.2 Å². The molecule has 0 saturated heterocycles. The number of imidazole rings is 4. The zero-order valence-corrected chi connectivity index (χ0v) is 57.4. The molecule has 0 saturated carbocycles. The van der Waals surface area contributed by atoms with Gasteiger partial charge in [-0.05, 0) is 156 Å². The standard InChI is InChI=1S/C28H21FN6O2.C27H20FN7O2.C25H19FN8O/c29-21-8-6-20(7-9-21)26-27(35-13-11-18(17-36)14-25(35)33-26)23-10-12-30-28(32-23)31-16-22-15-24(37-34-22)19-4-2-1-3-5-19;28-20-8-6-18(7-9-20)24-25(35-13-11-17(16-36)14-22(35)32-24)21-10-12-29-27(31-21)30-15-23-33-34-26(37-23)19-4-2-1-3-5-19;26-18-4-2-17(3-5-18)22-23(34-11-7-16(15-35)12-21(34)32-22)20-6-9-27-24(31-20)29-13-19-14-33-10-1-8-28-25(33)30-19/h1-15,36H,16-17H2,(H,30,31,32);1-14,36H,15-16H2,(H,29,30,31);1-12,14,35H,13,15H2,(H,27,29,31)/p+1. The molecule has 0 amide bonds. The molecule has 0 spiro atoms. The quantitative estimate of drug-likeness (QED) is 0.0349. The van der Waals surface area contributed by atoms with Crippen molar-refractivity contribution in [3.05, 3.63) is 307 Å². The maximum atomic E-state index is 13.6. The lowest BCUT2D eigenvalue weighted by molar-refractivity contribution is -0.512. The van der Waals surface area contributed by atoms with Crippen LogP contribution in [0.2, 0.25) is 0 Å². The van der Waals surface area contributed by atoms with Crippen molar-refractivity contribution in [2.45, 2.75) is 39.5 Å². The van der Waals surface area contributed by atoms with Gasteiger partial charge in [0.25, 0.3) is 0 Å². The first-order valence-electron chi connectivity index (χ1n) is 34.1. The predicted octanol–water partition coefficient (Wildman–Crippen LogP) is 13.3. The summed E-state index contributed by atoms with van der Waals surface area (Å²) in [6.45, 7) is 0.797. The summed E-state index contributed by atoms with van der Waals surface area (Å²) in [4.78, 5) is 49.1. The summed E-state index contributed by atoms with van der Waals surface area (Å²) in [6, 6.07) is 57.8. The number of pyridine rings is 3. The highest BCUT2D eigenvalue weighted by Crippen LogP contribution is 2.37. The lowest BCUT2D eigenvalue weighted by Gasteiger charge is -2.08. The van der Waals surface area contributed by atoms with Gasteiger partial charge in [-0.1, -0.05) is 58.7 Å². The number of fused-ring (bicyclic) bond motifs is 4. The Morgan fingerprint density at radius 1 is 0.422 bits per heavy atom. The lowest BCUT2D eigenvalue weighted by Crippen LogP contribution is -2.17. The normalized spacial score (nSPS) is 11.2. The summed E-state index contributed by atoms with van der Waals surface area (Å²) in [5.74, 6) is 2.51. The topological polar surface area (TPSA) is 324 Å². The zero-order chi connectivity index (χ0) is 74.2. The molecule has 109 heavy (non-hydrogen) atoms. The van der Waals surface area contributed by atoms with Crippen molar-refractivity contribution in [3.63, 3.8) is 0 Å². The second-order valence-electron chi connectivity index (χ2n) is 24.6. The molecule has 18 aromatic rings. The Hall–Kier alpha value is -14.6. The second kappa shape index (κ2) is 31.0. The molecule has 0 aliphatic heterocycles. The second-order valence-corrected chi connectivity index (χ2v) is 24.6. The van der Waals surface area contributed by atoms with E-state index in [1.165, 1.54) is 36.4 Å². The number of aromatic amines is 1. The number of anilines is 3. The molecule has 7 N–H and O–H groups in total. The Kier molecular flexibility index (Phi) is 19.6. The Balaban J connectivity index is 0.000000125. The number of halogens is 3. The third-order valence-corrected chi connectivity index (χ3v) is 17.4. The number of nitrogens with one attached hydrogen (secondary N) is 4. The van der Waals surface area contributed by atoms with Gasteiger partial charge in [-0.2, -0.15) is 0 Å². The van der Waals surface area contributed by atoms with Gasteiger partial charge in [-0.3, -0.25) is 13.2 Å². The zero-order valence-electron chi connectivity index (χ0n) is 57.4. The van der Waals surface area contributed by atoms with E-state index in [9.17, 15) is 28.5 Å². The van der Waals surface area contributed by atoms with Crippen LogP contribution in [0.1, 0.15) is 34.0 Å². The van der Waals surface area contributed by atoms with Crippen molar-refractivity contribution in [3.8, 4) is 90.7 Å². The van der Waals surface area contributed by atoms with Crippen LogP contribution in [0.25, 0.3) is 113 Å². The molecular formula is C80H61F3N21O5+. The molecule has 0 aliphatic carbocycles. The van der Waals surface area contributed by atoms with Crippen molar-refractivity contribution in [2.75, 3.05) is 16.0 Å². The highest BCUT2D eigenvalue weighted by molar-refractivity contribution is 5.83. The predicted molar refractivity (Wildman–Crippen MR) is 398 cm³/mol. The molecule has 18 rings (SSSR count). The highest BCUT2D eigenvalue weighted by atomic mass is 19.1. The third kappa shape index (κ3) is 15.2. The van der Waals surface area contributed by atoms with Gasteiger partial charge in [-0.15, -0.1) is 10.2 Å². The number of hydrogen-bond donors (Lipinski definition) is 7. The largest absolute Gasteiger partial charge is 0.419 e. The Bertz CT molecular complexity index is 5930. The number of aliphatic hydroxyl groups excluding tert-OH is 3. The van der Waals surface area contributed by atoms with Gasteiger partial charge < -0.3 is 40.2 Å². The van der Waals surface area contributed by atoms with Crippen LogP contribution >= 0.6 is 0 Å². The van der Waals surface area contributed by atoms with Crippen LogP contribution in [0.4, 0.5) is 31.0 Å². The maximum absolute atomic E-state index is 13.6. The molecule has 536 valence electrons. The average Bonchev–Trinajstić information content (AvgIpc) is 1.63. The Labute approximate surface area is 616 Å². The summed E-state index contributed by atoms with van der Waals surface area (Å²) in [6.07, 6.45) is 16.1. The van der Waals surface area contributed by atoms with Crippen LogP contribution in [-0.2, 0) is 39.5 Å². The van der Waals surface area contributed by atoms with E-state index < -0.39 is 0 Å². The van der Waals surface area contributed by atoms with E-state index in [4.69, 9.17) is 38.8 Å². The molecule has 5 aromatic carbocycles. The molecule has 0 atom stereocenters. The minimum atomic E-state index is -0.332. The van der Waals surface area contributed by atoms with Crippen molar-refractivity contribution in [1.29, 1.82) is 0 Å². The number of hydrogen-bond acceptors (Lipinski definition) is 21. The molecule has 0 fully saturated rings. The molecule has 13 aromatic heterocycles. The van der Waals surface area contributed by atoms with Crippen LogP contribution in [0.5, 0.6) is 0 Å². The van der Waals surface area contributed by atoms with Crippen molar-refractivity contribution in [1.82, 2.24) is 83.4 Å². The number of nitrogens with zero attached hydrogens (tertiary/aromatic N) is 17. The van der Waals surface area contributed by atoms with E-state index in [2.05, 4.69) is 56.2 Å². The van der Waals surface area contributed by atoms with Crippen LogP contribution < -0.4 is 20.4 Å². The fourth-order valence-electron chi connectivity index (χ4n) is 12.1. The first-order valence-corrected chi connectivity index (χ1v) is 34.1. The van der Waals surface area contributed by atoms with Crippen molar-refractivity contribution in [2.24, 2.45) is 0 Å². The van der Waals surface area contributed by atoms with Gasteiger partial charge in [0.2, 0.25) is 29.6 Å². The fourth-order valence-corrected chi connectivity index (χ4v) is 12.1. The number of benzene rings is 5. The van der Waals surface area contributed by atoms with Gasteiger partial charge in [0, 0.05) is 77.1 Å². The smallest absolute Gasteiger partial charge is 0.400 e. The summed E-state index contributed by atoms with van der Waals surface area (Å²) >= 11 is 0. The van der Waals surface area contributed by atoms with Gasteiger partial charge in [0.05, 0.1) is 96.9 Å². The van der Waals surface area contributed by atoms with Crippen LogP contribution in [0, 0.1) is 17.5 Å². The molecule has 0 radical (unpaired) electrons. The van der Waals surface area contributed by atoms with Gasteiger partial charge in [-0.25, -0.2) is 67.4 Å². The van der Waals surface area contributed by atoms with Gasteiger partial charge in [0.15, 0.2) is 5.76 Å². The monoisotopic (exact) mass is 1450 g/mol. The van der Waals surface area contributed by atoms with E-state index in [1.807, 2.05) is 158 Å². The molecule has 29 heteroatoms. The van der Waals surface area contributed by atoms with Crippen LogP contribution in [0.3, 0.4) is 0 Å². The lowest BCUT2D eigenvalue weighted by atomic mass is 10.1. The first-order chi connectivity index (χ1) is 53.5. The van der Waals surface area contributed by atoms with E-state index >= 15 is 0 Å². The molecule has 26 nitrogen and oxygen atoms in total. The fraction of sp³-hybridized carbons (Fsp3) is 0.0750. The van der Waals surface area contributed by atoms with E-state index in [-0.39, 0.29) is 43.8 Å². The summed E-state index contributed by atoms with van der Waals surface area (Å²) in [7, 11) is 0. The number of H-pyrrole nitrogens is 1.